The third-order valence-electron chi connectivity index (χ3n) is 2.46. The average molecular weight is 223 g/mol. The second kappa shape index (κ2) is 5.32. The number of benzene rings is 1. The van der Waals surface area contributed by atoms with Gasteiger partial charge in [-0.15, -0.1) is 0 Å². The van der Waals surface area contributed by atoms with E-state index in [4.69, 9.17) is 14.9 Å². The number of rotatable bonds is 5. The van der Waals surface area contributed by atoms with E-state index in [2.05, 4.69) is 6.07 Å². The van der Waals surface area contributed by atoms with E-state index in [0.29, 0.717) is 6.61 Å². The van der Waals surface area contributed by atoms with E-state index in [0.717, 1.165) is 16.9 Å². The molecule has 0 fully saturated rings. The van der Waals surface area contributed by atoms with E-state index in [1.807, 2.05) is 26.0 Å². The van der Waals surface area contributed by atoms with Crippen LogP contribution in [0.15, 0.2) is 12.1 Å². The molecule has 0 aromatic heterocycles. The lowest BCUT2D eigenvalue weighted by atomic mass is 9.94. The van der Waals surface area contributed by atoms with Gasteiger partial charge in [-0.05, 0) is 43.2 Å². The lowest BCUT2D eigenvalue weighted by molar-refractivity contribution is 0.0287. The maximum absolute atomic E-state index is 9.13. The van der Waals surface area contributed by atoms with Crippen LogP contribution in [0, 0.1) is 25.3 Å². The summed E-state index contributed by atoms with van der Waals surface area (Å²) in [6.45, 7) is 5.79. The molecule has 0 aliphatic carbocycles. The molecule has 1 radical (unpaired) electrons. The minimum absolute atomic E-state index is 0.0968. The van der Waals surface area contributed by atoms with Crippen LogP contribution in [0.1, 0.15) is 18.1 Å². The first kappa shape index (κ1) is 13.0. The van der Waals surface area contributed by atoms with Crippen molar-refractivity contribution in [3.05, 3.63) is 29.3 Å². The smallest absolute Gasteiger partial charge is 0.119 e. The molecule has 89 valence electrons. The quantitative estimate of drug-likeness (QED) is 0.794. The molecule has 0 amide bonds. The predicted molar refractivity (Wildman–Crippen MR) is 62.5 cm³/mol. The van der Waals surface area contributed by atoms with Crippen molar-refractivity contribution in [1.29, 1.82) is 0 Å². The Hall–Kier alpha value is -1.06. The zero-order chi connectivity index (χ0) is 12.2. The maximum atomic E-state index is 9.13. The molecule has 0 spiro atoms. The van der Waals surface area contributed by atoms with Crippen molar-refractivity contribution in [3.63, 3.8) is 0 Å². The van der Waals surface area contributed by atoms with Gasteiger partial charge in [-0.25, -0.2) is 0 Å². The van der Waals surface area contributed by atoms with Crippen LogP contribution >= 0.6 is 0 Å². The summed E-state index contributed by atoms with van der Waals surface area (Å²) in [6, 6.07) is 6.94. The number of hydrogen-bond acceptors (Lipinski definition) is 3. The lowest BCUT2D eigenvalue weighted by Crippen LogP contribution is -2.33. The minimum Gasteiger partial charge on any atom is -0.493 e. The summed E-state index contributed by atoms with van der Waals surface area (Å²) in [4.78, 5) is 0. The summed E-state index contributed by atoms with van der Waals surface area (Å²) in [7, 11) is 0. The van der Waals surface area contributed by atoms with Gasteiger partial charge in [0.1, 0.15) is 5.75 Å². The molecule has 0 aliphatic heterocycles. The SMILES string of the molecule is Cc1[c]c(C)cc(OCC(C)(CO)CO)c1. The highest BCUT2D eigenvalue weighted by molar-refractivity contribution is 5.31. The Bertz CT molecular complexity index is 323. The number of aliphatic hydroxyl groups excluding tert-OH is 2. The molecule has 3 nitrogen and oxygen atoms in total. The fourth-order valence-electron chi connectivity index (χ4n) is 1.33. The summed E-state index contributed by atoms with van der Waals surface area (Å²) in [5.74, 6) is 0.752. The average Bonchev–Trinajstić information content (AvgIpc) is 2.25. The first-order valence-corrected chi connectivity index (χ1v) is 5.34. The van der Waals surface area contributed by atoms with Crippen LogP contribution in [0.3, 0.4) is 0 Å². The van der Waals surface area contributed by atoms with Crippen molar-refractivity contribution < 1.29 is 14.9 Å². The molecule has 0 heterocycles. The fraction of sp³-hybridized carbons (Fsp3) is 0.538. The van der Waals surface area contributed by atoms with Gasteiger partial charge in [-0.1, -0.05) is 6.92 Å². The Kier molecular flexibility index (Phi) is 4.33. The molecule has 2 N–H and O–H groups in total. The Morgan fingerprint density at radius 2 is 1.69 bits per heavy atom. The predicted octanol–water partition coefficient (Wildman–Crippen LogP) is 1.47. The highest BCUT2D eigenvalue weighted by atomic mass is 16.5. The normalized spacial score (nSPS) is 11.6. The van der Waals surface area contributed by atoms with Crippen LogP contribution in [0.2, 0.25) is 0 Å². The third kappa shape index (κ3) is 3.51. The van der Waals surface area contributed by atoms with E-state index in [1.54, 1.807) is 6.92 Å². The Morgan fingerprint density at radius 1 is 1.19 bits per heavy atom. The maximum Gasteiger partial charge on any atom is 0.119 e. The van der Waals surface area contributed by atoms with Gasteiger partial charge in [0.05, 0.1) is 19.8 Å². The van der Waals surface area contributed by atoms with Gasteiger partial charge in [0.2, 0.25) is 0 Å². The van der Waals surface area contributed by atoms with Gasteiger partial charge in [0.15, 0.2) is 0 Å². The molecule has 3 heteroatoms. The molecule has 0 saturated heterocycles. The zero-order valence-electron chi connectivity index (χ0n) is 10.1. The highest BCUT2D eigenvalue weighted by Gasteiger charge is 2.23. The summed E-state index contributed by atoms with van der Waals surface area (Å²) < 4.78 is 5.57. The molecular weight excluding hydrogens is 204 g/mol. The topological polar surface area (TPSA) is 49.7 Å². The van der Waals surface area contributed by atoms with Crippen LogP contribution in [-0.4, -0.2) is 30.0 Å². The van der Waals surface area contributed by atoms with Crippen LogP contribution in [-0.2, 0) is 0 Å². The van der Waals surface area contributed by atoms with Crippen molar-refractivity contribution >= 4 is 0 Å². The second-order valence-corrected chi connectivity index (χ2v) is 4.60. The van der Waals surface area contributed by atoms with E-state index in [1.165, 1.54) is 0 Å². The monoisotopic (exact) mass is 223 g/mol. The number of hydrogen-bond donors (Lipinski definition) is 2. The second-order valence-electron chi connectivity index (χ2n) is 4.60. The Labute approximate surface area is 96.7 Å². The Morgan fingerprint density at radius 3 is 2.12 bits per heavy atom. The minimum atomic E-state index is -0.596. The summed E-state index contributed by atoms with van der Waals surface area (Å²) in [5, 5.41) is 18.3. The molecule has 0 bridgehead atoms. The van der Waals surface area contributed by atoms with Crippen LogP contribution in [0.25, 0.3) is 0 Å². The van der Waals surface area contributed by atoms with Crippen molar-refractivity contribution in [2.24, 2.45) is 5.41 Å². The first-order chi connectivity index (χ1) is 7.49. The number of aliphatic hydroxyl groups is 2. The lowest BCUT2D eigenvalue weighted by Gasteiger charge is -2.24. The van der Waals surface area contributed by atoms with Gasteiger partial charge in [-0.2, -0.15) is 0 Å². The van der Waals surface area contributed by atoms with Crippen LogP contribution in [0.5, 0.6) is 5.75 Å². The molecule has 0 unspecified atom stereocenters. The first-order valence-electron chi connectivity index (χ1n) is 5.34. The van der Waals surface area contributed by atoms with Gasteiger partial charge in [0.25, 0.3) is 0 Å². The fourth-order valence-corrected chi connectivity index (χ4v) is 1.33. The standard InChI is InChI=1S/C13H19O3/c1-10-4-11(2)6-12(5-10)16-9-13(3,7-14)8-15/h5-6,14-15H,7-9H2,1-3H3. The molecule has 0 saturated carbocycles. The summed E-state index contributed by atoms with van der Waals surface area (Å²) in [5.41, 5.74) is 1.44. The molecule has 0 aliphatic rings. The van der Waals surface area contributed by atoms with Crippen molar-refractivity contribution in [3.8, 4) is 5.75 Å². The molecular formula is C13H19O3. The largest absolute Gasteiger partial charge is 0.493 e. The van der Waals surface area contributed by atoms with Crippen LogP contribution in [0.4, 0.5) is 0 Å². The molecule has 1 rings (SSSR count). The van der Waals surface area contributed by atoms with Crippen molar-refractivity contribution in [2.45, 2.75) is 20.8 Å². The number of aryl methyl sites for hydroxylation is 2. The molecule has 16 heavy (non-hydrogen) atoms. The summed E-state index contributed by atoms with van der Waals surface area (Å²) >= 11 is 0. The molecule has 0 atom stereocenters. The van der Waals surface area contributed by atoms with E-state index < -0.39 is 5.41 Å². The van der Waals surface area contributed by atoms with Gasteiger partial charge < -0.3 is 14.9 Å². The highest BCUT2D eigenvalue weighted by Crippen LogP contribution is 2.20. The van der Waals surface area contributed by atoms with Crippen molar-refractivity contribution in [1.82, 2.24) is 0 Å². The Balaban J connectivity index is 2.67. The van der Waals surface area contributed by atoms with Gasteiger partial charge in [0, 0.05) is 5.41 Å². The molecule has 1 aromatic carbocycles. The van der Waals surface area contributed by atoms with Crippen molar-refractivity contribution in [2.75, 3.05) is 19.8 Å². The zero-order valence-corrected chi connectivity index (χ0v) is 10.1. The van der Waals surface area contributed by atoms with Gasteiger partial charge >= 0.3 is 0 Å². The molecule has 1 aromatic rings. The van der Waals surface area contributed by atoms with Gasteiger partial charge in [-0.3, -0.25) is 0 Å². The van der Waals surface area contributed by atoms with E-state index in [9.17, 15) is 0 Å². The number of ether oxygens (including phenoxy) is 1. The van der Waals surface area contributed by atoms with E-state index in [-0.39, 0.29) is 13.2 Å². The summed E-state index contributed by atoms with van der Waals surface area (Å²) in [6.07, 6.45) is 0. The van der Waals surface area contributed by atoms with E-state index >= 15 is 0 Å². The third-order valence-corrected chi connectivity index (χ3v) is 2.46. The van der Waals surface area contributed by atoms with Crippen LogP contribution < -0.4 is 4.74 Å².